The molecule has 0 saturated heterocycles. The standard InChI is InChI=1S/C12H13F3O5S/c13-11(14)12(15)20-10-5-3-4-9(8-10)19-6-1-2-7-21(16,17)18/h3-5,8H,1-2,6-7H2,(H,16,17,18). The lowest BCUT2D eigenvalue weighted by atomic mass is 10.3. The second-order valence-corrected chi connectivity index (χ2v) is 5.52. The van der Waals surface area contributed by atoms with Crippen LogP contribution in [0.1, 0.15) is 12.8 Å². The molecule has 0 atom stereocenters. The van der Waals surface area contributed by atoms with Gasteiger partial charge >= 0.3 is 12.1 Å². The monoisotopic (exact) mass is 326 g/mol. The number of hydrogen-bond donors (Lipinski definition) is 1. The van der Waals surface area contributed by atoms with Crippen molar-refractivity contribution in [3.05, 3.63) is 36.4 Å². The Balaban J connectivity index is 2.45. The molecule has 0 aliphatic heterocycles. The molecule has 0 saturated carbocycles. The summed E-state index contributed by atoms with van der Waals surface area (Å²) in [5.74, 6) is -0.271. The lowest BCUT2D eigenvalue weighted by molar-refractivity contribution is 0.239. The highest BCUT2D eigenvalue weighted by Crippen LogP contribution is 2.23. The molecule has 0 radical (unpaired) electrons. The summed E-state index contributed by atoms with van der Waals surface area (Å²) in [5.41, 5.74) is 0. The molecule has 118 valence electrons. The lowest BCUT2D eigenvalue weighted by Crippen LogP contribution is -2.06. The van der Waals surface area contributed by atoms with Gasteiger partial charge in [-0.15, -0.1) is 0 Å². The fourth-order valence-corrected chi connectivity index (χ4v) is 1.92. The SMILES string of the molecule is O=S(=O)(O)CCCCOc1cccc(OC(F)=C(F)F)c1. The number of ether oxygens (including phenoxy) is 2. The smallest absolute Gasteiger partial charge is 0.344 e. The molecule has 1 aromatic rings. The Morgan fingerprint density at radius 3 is 2.43 bits per heavy atom. The van der Waals surface area contributed by atoms with Crippen molar-refractivity contribution in [3.63, 3.8) is 0 Å². The van der Waals surface area contributed by atoms with Crippen LogP contribution in [0.5, 0.6) is 11.5 Å². The first kappa shape index (κ1) is 17.3. The fraction of sp³-hybridized carbons (Fsp3) is 0.333. The molecule has 5 nitrogen and oxygen atoms in total. The average molecular weight is 326 g/mol. The molecule has 0 fully saturated rings. The molecule has 0 bridgehead atoms. The minimum Gasteiger partial charge on any atom is -0.493 e. The van der Waals surface area contributed by atoms with E-state index in [-0.39, 0.29) is 30.3 Å². The van der Waals surface area contributed by atoms with Gasteiger partial charge in [0.2, 0.25) is 0 Å². The number of hydrogen-bond acceptors (Lipinski definition) is 4. The summed E-state index contributed by atoms with van der Waals surface area (Å²) in [5, 5.41) is 0. The van der Waals surface area contributed by atoms with Gasteiger partial charge in [-0.2, -0.15) is 21.6 Å². The molecule has 0 aromatic heterocycles. The maximum atomic E-state index is 12.6. The third-order valence-electron chi connectivity index (χ3n) is 2.23. The topological polar surface area (TPSA) is 72.8 Å². The molecule has 1 aromatic carbocycles. The van der Waals surface area contributed by atoms with E-state index in [2.05, 4.69) is 4.74 Å². The summed E-state index contributed by atoms with van der Waals surface area (Å²) in [6.45, 7) is 0.148. The van der Waals surface area contributed by atoms with Gasteiger partial charge in [-0.05, 0) is 25.0 Å². The van der Waals surface area contributed by atoms with Gasteiger partial charge in [-0.1, -0.05) is 6.07 Å². The molecular weight excluding hydrogens is 313 g/mol. The van der Waals surface area contributed by atoms with Crippen LogP contribution in [-0.2, 0) is 10.1 Å². The minimum absolute atomic E-state index is 0.148. The van der Waals surface area contributed by atoms with Crippen molar-refractivity contribution < 1.29 is 35.6 Å². The third kappa shape index (κ3) is 7.57. The van der Waals surface area contributed by atoms with Crippen LogP contribution < -0.4 is 9.47 Å². The van der Waals surface area contributed by atoms with Crippen molar-refractivity contribution >= 4 is 10.1 Å². The minimum atomic E-state index is -3.99. The maximum absolute atomic E-state index is 12.6. The number of benzene rings is 1. The Morgan fingerprint density at radius 1 is 1.14 bits per heavy atom. The van der Waals surface area contributed by atoms with Crippen molar-refractivity contribution in [2.45, 2.75) is 12.8 Å². The summed E-state index contributed by atoms with van der Waals surface area (Å²) < 4.78 is 75.3. The first-order valence-electron chi connectivity index (χ1n) is 5.84. The highest BCUT2D eigenvalue weighted by atomic mass is 32.2. The van der Waals surface area contributed by atoms with E-state index >= 15 is 0 Å². The maximum Gasteiger partial charge on any atom is 0.344 e. The van der Waals surface area contributed by atoms with Crippen LogP contribution in [0.3, 0.4) is 0 Å². The fourth-order valence-electron chi connectivity index (χ4n) is 1.35. The van der Waals surface area contributed by atoms with Gasteiger partial charge in [0, 0.05) is 6.07 Å². The molecular formula is C12H13F3O5S. The Kier molecular flexibility index (Phi) is 6.50. The summed E-state index contributed by atoms with van der Waals surface area (Å²) in [6.07, 6.45) is -2.00. The molecule has 0 aliphatic carbocycles. The first-order valence-corrected chi connectivity index (χ1v) is 7.45. The summed E-state index contributed by atoms with van der Waals surface area (Å²) >= 11 is 0. The molecule has 0 aliphatic rings. The molecule has 0 spiro atoms. The summed E-state index contributed by atoms with van der Waals surface area (Å²) in [4.78, 5) is 0. The van der Waals surface area contributed by atoms with Crippen molar-refractivity contribution in [2.75, 3.05) is 12.4 Å². The molecule has 9 heteroatoms. The predicted molar refractivity (Wildman–Crippen MR) is 68.6 cm³/mol. The predicted octanol–water partition coefficient (Wildman–Crippen LogP) is 3.15. The van der Waals surface area contributed by atoms with E-state index in [1.54, 1.807) is 0 Å². The molecule has 1 N–H and O–H groups in total. The second kappa shape index (κ2) is 7.89. The van der Waals surface area contributed by atoms with Crippen molar-refractivity contribution in [1.29, 1.82) is 0 Å². The molecule has 21 heavy (non-hydrogen) atoms. The van der Waals surface area contributed by atoms with Gasteiger partial charge in [0.05, 0.1) is 12.4 Å². The average Bonchev–Trinajstić information content (AvgIpc) is 2.37. The van der Waals surface area contributed by atoms with E-state index in [4.69, 9.17) is 9.29 Å². The Morgan fingerprint density at radius 2 is 1.81 bits per heavy atom. The van der Waals surface area contributed by atoms with Crippen LogP contribution in [0.2, 0.25) is 0 Å². The zero-order valence-electron chi connectivity index (χ0n) is 10.8. The highest BCUT2D eigenvalue weighted by molar-refractivity contribution is 7.85. The molecule has 0 amide bonds. The van der Waals surface area contributed by atoms with Crippen LogP contribution in [0.25, 0.3) is 0 Å². The van der Waals surface area contributed by atoms with Crippen LogP contribution in [0.15, 0.2) is 36.4 Å². The number of rotatable bonds is 8. The summed E-state index contributed by atoms with van der Waals surface area (Å²) in [6, 6.07) is 3.43. The van der Waals surface area contributed by atoms with Crippen LogP contribution in [0, 0.1) is 0 Å². The second-order valence-electron chi connectivity index (χ2n) is 3.95. The molecule has 1 rings (SSSR count). The lowest BCUT2D eigenvalue weighted by Gasteiger charge is -2.07. The van der Waals surface area contributed by atoms with E-state index in [0.29, 0.717) is 6.42 Å². The largest absolute Gasteiger partial charge is 0.493 e. The van der Waals surface area contributed by atoms with Crippen molar-refractivity contribution in [1.82, 2.24) is 0 Å². The quantitative estimate of drug-likeness (QED) is 0.451. The van der Waals surface area contributed by atoms with Crippen molar-refractivity contribution in [3.8, 4) is 11.5 Å². The van der Waals surface area contributed by atoms with Gasteiger partial charge in [0.1, 0.15) is 11.5 Å². The van der Waals surface area contributed by atoms with Gasteiger partial charge in [-0.25, -0.2) is 0 Å². The zero-order valence-corrected chi connectivity index (χ0v) is 11.6. The first-order chi connectivity index (χ1) is 9.78. The van der Waals surface area contributed by atoms with Gasteiger partial charge in [0.25, 0.3) is 10.1 Å². The normalized spacial score (nSPS) is 11.0. The van der Waals surface area contributed by atoms with E-state index in [1.165, 1.54) is 24.3 Å². The summed E-state index contributed by atoms with van der Waals surface area (Å²) in [7, 11) is -3.99. The Bertz CT molecular complexity index is 597. The number of unbranched alkanes of at least 4 members (excludes halogenated alkanes) is 1. The van der Waals surface area contributed by atoms with E-state index in [0.717, 1.165) is 0 Å². The van der Waals surface area contributed by atoms with Gasteiger partial charge < -0.3 is 9.47 Å². The Hall–Kier alpha value is -1.74. The van der Waals surface area contributed by atoms with Crippen molar-refractivity contribution in [2.24, 2.45) is 0 Å². The van der Waals surface area contributed by atoms with E-state index in [1.807, 2.05) is 0 Å². The zero-order chi connectivity index (χ0) is 15.9. The Labute approximate surface area is 119 Å². The van der Waals surface area contributed by atoms with Crippen LogP contribution in [-0.4, -0.2) is 25.3 Å². The third-order valence-corrected chi connectivity index (χ3v) is 3.03. The van der Waals surface area contributed by atoms with Gasteiger partial charge in [-0.3, -0.25) is 4.55 Å². The number of halogens is 3. The van der Waals surface area contributed by atoms with E-state index in [9.17, 15) is 21.6 Å². The van der Waals surface area contributed by atoms with Crippen LogP contribution in [0.4, 0.5) is 13.2 Å². The van der Waals surface area contributed by atoms with Gasteiger partial charge in [0.15, 0.2) is 0 Å². The molecule has 0 heterocycles. The van der Waals surface area contributed by atoms with Crippen LogP contribution >= 0.6 is 0 Å². The molecule has 0 unspecified atom stereocenters. The van der Waals surface area contributed by atoms with E-state index < -0.39 is 22.2 Å². The highest BCUT2D eigenvalue weighted by Gasteiger charge is 2.08.